The van der Waals surface area contributed by atoms with E-state index in [0.29, 0.717) is 4.83 Å². The Morgan fingerprint density at radius 1 is 1.11 bits per heavy atom. The summed E-state index contributed by atoms with van der Waals surface area (Å²) in [6.45, 7) is 0. The average molecular weight is 344 g/mol. The Kier molecular flexibility index (Phi) is 3.71. The summed E-state index contributed by atoms with van der Waals surface area (Å²) in [5, 5.41) is 0. The van der Waals surface area contributed by atoms with Gasteiger partial charge >= 0.3 is 0 Å². The second kappa shape index (κ2) is 5.19. The van der Waals surface area contributed by atoms with Crippen molar-refractivity contribution in [3.63, 3.8) is 0 Å². The van der Waals surface area contributed by atoms with Crippen LogP contribution in [-0.4, -0.2) is 29.6 Å². The molecule has 2 aliphatic rings. The van der Waals surface area contributed by atoms with Gasteiger partial charge in [-0.1, -0.05) is 46.3 Å². The summed E-state index contributed by atoms with van der Waals surface area (Å²) in [7, 11) is -3.18. The molecule has 5 heteroatoms. The fourth-order valence-electron chi connectivity index (χ4n) is 3.38. The van der Waals surface area contributed by atoms with Gasteiger partial charge in [0.05, 0.1) is 5.75 Å². The van der Waals surface area contributed by atoms with Crippen molar-refractivity contribution in [2.45, 2.75) is 48.3 Å². The molecule has 1 aromatic rings. The third kappa shape index (κ3) is 2.73. The van der Waals surface area contributed by atoms with Crippen LogP contribution in [0.2, 0.25) is 0 Å². The molecule has 2 heterocycles. The maximum Gasteiger partial charge on any atom is 0.218 e. The minimum atomic E-state index is -3.18. The number of alkyl halides is 1. The summed E-state index contributed by atoms with van der Waals surface area (Å²) in [6, 6.07) is 9.88. The molecular weight excluding hydrogens is 326 g/mol. The van der Waals surface area contributed by atoms with Crippen molar-refractivity contribution >= 4 is 26.0 Å². The molecule has 0 N–H and O–H groups in total. The minimum absolute atomic E-state index is 0.133. The molecule has 2 fully saturated rings. The first-order valence-corrected chi connectivity index (χ1v) is 9.28. The average Bonchev–Trinajstić information content (AvgIpc) is 2.64. The van der Waals surface area contributed by atoms with E-state index in [1.165, 1.54) is 0 Å². The van der Waals surface area contributed by atoms with E-state index < -0.39 is 10.0 Å². The van der Waals surface area contributed by atoms with Gasteiger partial charge in [0.25, 0.3) is 0 Å². The van der Waals surface area contributed by atoms with Crippen LogP contribution < -0.4 is 0 Å². The summed E-state index contributed by atoms with van der Waals surface area (Å²) in [5.74, 6) is 0.133. The lowest BCUT2D eigenvalue weighted by molar-refractivity contribution is 0.255. The third-order valence-corrected chi connectivity index (χ3v) is 6.81. The lowest BCUT2D eigenvalue weighted by Gasteiger charge is -2.36. The highest BCUT2D eigenvalue weighted by Gasteiger charge is 2.45. The van der Waals surface area contributed by atoms with E-state index in [9.17, 15) is 8.42 Å². The zero-order valence-corrected chi connectivity index (χ0v) is 13.1. The number of hydrogen-bond acceptors (Lipinski definition) is 2. The maximum absolute atomic E-state index is 12.6. The zero-order valence-electron chi connectivity index (χ0n) is 10.7. The molecule has 0 spiro atoms. The minimum Gasteiger partial charge on any atom is -0.212 e. The SMILES string of the molecule is O=S(=O)(Cc1ccccc1)N1C2CCC1CC(Br)C2. The Labute approximate surface area is 123 Å². The van der Waals surface area contributed by atoms with Crippen LogP contribution in [0.1, 0.15) is 31.2 Å². The van der Waals surface area contributed by atoms with Crippen molar-refractivity contribution in [2.75, 3.05) is 0 Å². The third-order valence-electron chi connectivity index (χ3n) is 4.12. The number of sulfonamides is 1. The first kappa shape index (κ1) is 13.6. The molecule has 2 aliphatic heterocycles. The Balaban J connectivity index is 1.82. The molecule has 19 heavy (non-hydrogen) atoms. The van der Waals surface area contributed by atoms with Gasteiger partial charge in [-0.25, -0.2) is 8.42 Å². The topological polar surface area (TPSA) is 37.4 Å². The van der Waals surface area contributed by atoms with Crippen LogP contribution in [-0.2, 0) is 15.8 Å². The van der Waals surface area contributed by atoms with Gasteiger partial charge in [-0.05, 0) is 31.2 Å². The summed E-state index contributed by atoms with van der Waals surface area (Å²) >= 11 is 3.65. The second-order valence-corrected chi connectivity index (χ2v) is 8.69. The highest BCUT2D eigenvalue weighted by molar-refractivity contribution is 9.09. The normalized spacial score (nSPS) is 31.5. The molecule has 104 valence electrons. The molecule has 3 nitrogen and oxygen atoms in total. The van der Waals surface area contributed by atoms with E-state index in [-0.39, 0.29) is 17.8 Å². The molecule has 0 saturated carbocycles. The predicted octanol–water partition coefficient (Wildman–Crippen LogP) is 2.91. The number of hydrogen-bond donors (Lipinski definition) is 0. The van der Waals surface area contributed by atoms with Crippen molar-refractivity contribution in [3.05, 3.63) is 35.9 Å². The van der Waals surface area contributed by atoms with Gasteiger partial charge < -0.3 is 0 Å². The Bertz CT molecular complexity index is 532. The number of nitrogens with zero attached hydrogens (tertiary/aromatic N) is 1. The fraction of sp³-hybridized carbons (Fsp3) is 0.571. The number of benzene rings is 1. The number of piperidine rings is 1. The molecule has 0 radical (unpaired) electrons. The van der Waals surface area contributed by atoms with Crippen molar-refractivity contribution in [2.24, 2.45) is 0 Å². The smallest absolute Gasteiger partial charge is 0.212 e. The molecule has 2 bridgehead atoms. The second-order valence-electron chi connectivity index (χ2n) is 5.53. The van der Waals surface area contributed by atoms with Crippen LogP contribution in [0.5, 0.6) is 0 Å². The van der Waals surface area contributed by atoms with Crippen LogP contribution in [0.15, 0.2) is 30.3 Å². The van der Waals surface area contributed by atoms with Gasteiger partial charge in [-0.3, -0.25) is 0 Å². The lowest BCUT2D eigenvalue weighted by Crippen LogP contribution is -2.47. The van der Waals surface area contributed by atoms with E-state index in [1.807, 2.05) is 30.3 Å². The van der Waals surface area contributed by atoms with Crippen molar-refractivity contribution < 1.29 is 8.42 Å². The molecule has 2 atom stereocenters. The molecular formula is C14H18BrNO2S. The molecule has 0 aliphatic carbocycles. The van der Waals surface area contributed by atoms with Gasteiger partial charge in [-0.15, -0.1) is 0 Å². The van der Waals surface area contributed by atoms with Gasteiger partial charge in [0.2, 0.25) is 10.0 Å². The van der Waals surface area contributed by atoms with E-state index in [4.69, 9.17) is 0 Å². The first-order valence-electron chi connectivity index (χ1n) is 6.75. The molecule has 1 aromatic carbocycles. The van der Waals surface area contributed by atoms with Gasteiger partial charge in [-0.2, -0.15) is 4.31 Å². The highest BCUT2D eigenvalue weighted by atomic mass is 79.9. The van der Waals surface area contributed by atoms with Crippen LogP contribution in [0.25, 0.3) is 0 Å². The number of rotatable bonds is 3. The summed E-state index contributed by atoms with van der Waals surface area (Å²) in [4.78, 5) is 0.480. The highest BCUT2D eigenvalue weighted by Crippen LogP contribution is 2.40. The van der Waals surface area contributed by atoms with Gasteiger partial charge in [0.1, 0.15) is 0 Å². The first-order chi connectivity index (χ1) is 9.06. The standard InChI is InChI=1S/C14H18BrNO2S/c15-12-8-13-6-7-14(9-12)16(13)19(17,18)10-11-4-2-1-3-5-11/h1-5,12-14H,6-10H2. The molecule has 2 unspecified atom stereocenters. The molecule has 0 aromatic heterocycles. The van der Waals surface area contributed by atoms with Crippen LogP contribution in [0.4, 0.5) is 0 Å². The number of fused-ring (bicyclic) bond motifs is 2. The Morgan fingerprint density at radius 2 is 1.68 bits per heavy atom. The Morgan fingerprint density at radius 3 is 2.26 bits per heavy atom. The summed E-state index contributed by atoms with van der Waals surface area (Å²) in [5.41, 5.74) is 0.878. The van der Waals surface area contributed by atoms with E-state index in [2.05, 4.69) is 15.9 Å². The largest absolute Gasteiger partial charge is 0.218 e. The molecule has 3 rings (SSSR count). The van der Waals surface area contributed by atoms with Crippen LogP contribution in [0.3, 0.4) is 0 Å². The number of halogens is 1. The predicted molar refractivity (Wildman–Crippen MR) is 79.7 cm³/mol. The van der Waals surface area contributed by atoms with Crippen molar-refractivity contribution in [1.82, 2.24) is 4.31 Å². The van der Waals surface area contributed by atoms with Gasteiger partial charge in [0, 0.05) is 16.9 Å². The van der Waals surface area contributed by atoms with Crippen LogP contribution >= 0.6 is 15.9 Å². The van der Waals surface area contributed by atoms with Crippen LogP contribution in [0, 0.1) is 0 Å². The van der Waals surface area contributed by atoms with E-state index in [0.717, 1.165) is 31.2 Å². The zero-order chi connectivity index (χ0) is 13.5. The Hall–Kier alpha value is -0.390. The quantitative estimate of drug-likeness (QED) is 0.791. The fourth-order valence-corrected chi connectivity index (χ4v) is 6.30. The molecule has 0 amide bonds. The van der Waals surface area contributed by atoms with Gasteiger partial charge in [0.15, 0.2) is 0 Å². The maximum atomic E-state index is 12.6. The van der Waals surface area contributed by atoms with Crippen molar-refractivity contribution in [1.29, 1.82) is 0 Å². The monoisotopic (exact) mass is 343 g/mol. The lowest BCUT2D eigenvalue weighted by atomic mass is 10.1. The van der Waals surface area contributed by atoms with E-state index in [1.54, 1.807) is 4.31 Å². The summed E-state index contributed by atoms with van der Waals surface area (Å²) in [6.07, 6.45) is 3.93. The van der Waals surface area contributed by atoms with Crippen molar-refractivity contribution in [3.8, 4) is 0 Å². The summed E-state index contributed by atoms with van der Waals surface area (Å²) < 4.78 is 27.1. The van der Waals surface area contributed by atoms with E-state index >= 15 is 0 Å². The molecule has 2 saturated heterocycles.